The molecule has 1 rings (SSSR count). The number of nitrogens with two attached hydrogens (primary N) is 1. The maximum atomic E-state index is 11.5. The zero-order valence-corrected chi connectivity index (χ0v) is 11.4. The monoisotopic (exact) mass is 263 g/mol. The van der Waals surface area contributed by atoms with Crippen LogP contribution >= 0.6 is 0 Å². The third-order valence-electron chi connectivity index (χ3n) is 3.01. The lowest BCUT2D eigenvalue weighted by molar-refractivity contribution is -0.123. The zero-order valence-electron chi connectivity index (χ0n) is 11.4. The van der Waals surface area contributed by atoms with Crippen LogP contribution in [0.5, 0.6) is 0 Å². The Kier molecular flexibility index (Phi) is 6.02. The first-order valence-corrected chi connectivity index (χ1v) is 6.43. The predicted octanol–water partition coefficient (Wildman–Crippen LogP) is 1.21. The number of rotatable bonds is 6. The van der Waals surface area contributed by atoms with Crippen molar-refractivity contribution in [3.63, 3.8) is 0 Å². The van der Waals surface area contributed by atoms with Gasteiger partial charge in [-0.1, -0.05) is 26.0 Å². The summed E-state index contributed by atoms with van der Waals surface area (Å²) in [6.07, 6.45) is 1.08. The minimum Gasteiger partial charge on any atom is -0.346 e. The number of hydrogen-bond acceptors (Lipinski definition) is 3. The molecule has 0 bridgehead atoms. The number of amides is 2. The summed E-state index contributed by atoms with van der Waals surface area (Å²) in [5.41, 5.74) is 7.09. The molecule has 0 fully saturated rings. The van der Waals surface area contributed by atoms with Crippen LogP contribution < -0.4 is 16.4 Å². The molecule has 1 aromatic carbocycles. The average molecular weight is 263 g/mol. The summed E-state index contributed by atoms with van der Waals surface area (Å²) < 4.78 is 0. The summed E-state index contributed by atoms with van der Waals surface area (Å²) in [6, 6.07) is 7.73. The molecule has 2 amide bonds. The molecule has 19 heavy (non-hydrogen) atoms. The highest BCUT2D eigenvalue weighted by Gasteiger charge is 2.06. The van der Waals surface area contributed by atoms with Crippen molar-refractivity contribution < 1.29 is 9.59 Å². The second-order valence-corrected chi connectivity index (χ2v) is 4.46. The van der Waals surface area contributed by atoms with Gasteiger partial charge in [-0.15, -0.1) is 0 Å². The topological polar surface area (TPSA) is 84.2 Å². The second kappa shape index (κ2) is 7.53. The zero-order chi connectivity index (χ0) is 14.3. The van der Waals surface area contributed by atoms with Crippen LogP contribution in [-0.2, 0) is 9.59 Å². The highest BCUT2D eigenvalue weighted by atomic mass is 16.2. The smallest absolute Gasteiger partial charge is 0.243 e. The van der Waals surface area contributed by atoms with Crippen molar-refractivity contribution in [2.45, 2.75) is 26.2 Å². The Balaban J connectivity index is 2.49. The van der Waals surface area contributed by atoms with Crippen LogP contribution in [0.2, 0.25) is 0 Å². The predicted molar refractivity (Wildman–Crippen MR) is 75.8 cm³/mol. The van der Waals surface area contributed by atoms with Gasteiger partial charge in [0.05, 0.1) is 13.1 Å². The molecule has 5 nitrogen and oxygen atoms in total. The molecule has 5 heteroatoms. The number of nitrogens with one attached hydrogen (secondary N) is 2. The van der Waals surface area contributed by atoms with Gasteiger partial charge in [-0.25, -0.2) is 0 Å². The van der Waals surface area contributed by atoms with Gasteiger partial charge in [-0.2, -0.15) is 0 Å². The third kappa shape index (κ3) is 5.09. The van der Waals surface area contributed by atoms with Gasteiger partial charge in [0, 0.05) is 5.69 Å². The standard InChI is InChI=1S/C14H21N3O2/c1-3-10(2)11-4-6-12(7-5-11)17-14(19)9-16-13(18)8-15/h4-7,10H,3,8-9,15H2,1-2H3,(H,16,18)(H,17,19). The number of benzene rings is 1. The third-order valence-corrected chi connectivity index (χ3v) is 3.01. The van der Waals surface area contributed by atoms with Gasteiger partial charge in [0.2, 0.25) is 11.8 Å². The molecule has 0 aromatic heterocycles. The van der Waals surface area contributed by atoms with Crippen LogP contribution in [-0.4, -0.2) is 24.9 Å². The van der Waals surface area contributed by atoms with Gasteiger partial charge in [-0.3, -0.25) is 9.59 Å². The quantitative estimate of drug-likeness (QED) is 0.721. The minimum atomic E-state index is -0.345. The molecule has 0 heterocycles. The van der Waals surface area contributed by atoms with Gasteiger partial charge in [-0.05, 0) is 30.0 Å². The molecule has 0 saturated carbocycles. The SMILES string of the molecule is CCC(C)c1ccc(NC(=O)CNC(=O)CN)cc1. The van der Waals surface area contributed by atoms with Crippen LogP contribution in [0.3, 0.4) is 0 Å². The summed E-state index contributed by atoms with van der Waals surface area (Å²) in [4.78, 5) is 22.4. The van der Waals surface area contributed by atoms with Gasteiger partial charge < -0.3 is 16.4 Å². The fraction of sp³-hybridized carbons (Fsp3) is 0.429. The highest BCUT2D eigenvalue weighted by Crippen LogP contribution is 2.20. The van der Waals surface area contributed by atoms with E-state index in [1.54, 1.807) is 0 Å². The molecule has 104 valence electrons. The maximum Gasteiger partial charge on any atom is 0.243 e. The molecule has 0 aliphatic rings. The van der Waals surface area contributed by atoms with E-state index in [9.17, 15) is 9.59 Å². The van der Waals surface area contributed by atoms with Crippen LogP contribution in [0.25, 0.3) is 0 Å². The lowest BCUT2D eigenvalue weighted by Gasteiger charge is -2.10. The summed E-state index contributed by atoms with van der Waals surface area (Å²) in [6.45, 7) is 4.12. The van der Waals surface area contributed by atoms with Crippen molar-refractivity contribution in [2.24, 2.45) is 5.73 Å². The average Bonchev–Trinajstić information content (AvgIpc) is 2.44. The first kappa shape index (κ1) is 15.2. The van der Waals surface area contributed by atoms with Crippen molar-refractivity contribution >= 4 is 17.5 Å². The Bertz CT molecular complexity index is 429. The molecule has 1 atom stereocenters. The van der Waals surface area contributed by atoms with E-state index >= 15 is 0 Å². The molecule has 1 unspecified atom stereocenters. The second-order valence-electron chi connectivity index (χ2n) is 4.46. The summed E-state index contributed by atoms with van der Waals surface area (Å²) >= 11 is 0. The maximum absolute atomic E-state index is 11.5. The lowest BCUT2D eigenvalue weighted by atomic mass is 9.99. The molecular formula is C14H21N3O2. The minimum absolute atomic E-state index is 0.0663. The summed E-state index contributed by atoms with van der Waals surface area (Å²) in [7, 11) is 0. The van der Waals surface area contributed by atoms with Crippen molar-refractivity contribution in [3.8, 4) is 0 Å². The van der Waals surface area contributed by atoms with E-state index in [0.717, 1.165) is 12.1 Å². The molecule has 0 aliphatic heterocycles. The van der Waals surface area contributed by atoms with Gasteiger partial charge in [0.1, 0.15) is 0 Å². The van der Waals surface area contributed by atoms with E-state index in [1.165, 1.54) is 5.56 Å². The Morgan fingerprint density at radius 1 is 1.21 bits per heavy atom. The van der Waals surface area contributed by atoms with E-state index in [0.29, 0.717) is 5.92 Å². The molecule has 1 aromatic rings. The van der Waals surface area contributed by atoms with Crippen LogP contribution in [0, 0.1) is 0 Å². The number of hydrogen-bond donors (Lipinski definition) is 3. The fourth-order valence-corrected chi connectivity index (χ4v) is 1.59. The van der Waals surface area contributed by atoms with E-state index in [2.05, 4.69) is 24.5 Å². The van der Waals surface area contributed by atoms with Gasteiger partial charge in [0.15, 0.2) is 0 Å². The van der Waals surface area contributed by atoms with E-state index in [4.69, 9.17) is 5.73 Å². The van der Waals surface area contributed by atoms with E-state index in [-0.39, 0.29) is 24.9 Å². The fourth-order valence-electron chi connectivity index (χ4n) is 1.59. The Morgan fingerprint density at radius 2 is 1.84 bits per heavy atom. The van der Waals surface area contributed by atoms with Gasteiger partial charge in [0.25, 0.3) is 0 Å². The Labute approximate surface area is 113 Å². The Hall–Kier alpha value is -1.88. The van der Waals surface area contributed by atoms with E-state index < -0.39 is 0 Å². The molecule has 0 aliphatic carbocycles. The number of carbonyl (C=O) groups is 2. The van der Waals surface area contributed by atoms with Crippen LogP contribution in [0.4, 0.5) is 5.69 Å². The largest absolute Gasteiger partial charge is 0.346 e. The van der Waals surface area contributed by atoms with Crippen molar-refractivity contribution in [2.75, 3.05) is 18.4 Å². The molecule has 0 spiro atoms. The molecule has 0 saturated heterocycles. The van der Waals surface area contributed by atoms with Crippen molar-refractivity contribution in [1.29, 1.82) is 0 Å². The molecule has 4 N–H and O–H groups in total. The Morgan fingerprint density at radius 3 is 2.37 bits per heavy atom. The van der Waals surface area contributed by atoms with Gasteiger partial charge >= 0.3 is 0 Å². The summed E-state index contributed by atoms with van der Waals surface area (Å²) in [5.74, 6) is -0.103. The summed E-state index contributed by atoms with van der Waals surface area (Å²) in [5, 5.41) is 5.13. The molecule has 0 radical (unpaired) electrons. The van der Waals surface area contributed by atoms with E-state index in [1.807, 2.05) is 24.3 Å². The van der Waals surface area contributed by atoms with Crippen LogP contribution in [0.1, 0.15) is 31.7 Å². The van der Waals surface area contributed by atoms with Crippen LogP contribution in [0.15, 0.2) is 24.3 Å². The lowest BCUT2D eigenvalue weighted by Crippen LogP contribution is -2.36. The van der Waals surface area contributed by atoms with Crippen molar-refractivity contribution in [1.82, 2.24) is 5.32 Å². The number of carbonyl (C=O) groups excluding carboxylic acids is 2. The van der Waals surface area contributed by atoms with Crippen molar-refractivity contribution in [3.05, 3.63) is 29.8 Å². The first-order valence-electron chi connectivity index (χ1n) is 6.43. The molecular weight excluding hydrogens is 242 g/mol. The first-order chi connectivity index (χ1) is 9.06. The number of anilines is 1. The normalized spacial score (nSPS) is 11.7. The highest BCUT2D eigenvalue weighted by molar-refractivity contribution is 5.94.